The topological polar surface area (TPSA) is 58.5 Å². The lowest BCUT2D eigenvalue weighted by Gasteiger charge is -2.30. The number of piperidine rings is 1. The molecule has 16 heavy (non-hydrogen) atoms. The Kier molecular flexibility index (Phi) is 3.56. The zero-order chi connectivity index (χ0) is 11.4. The predicted octanol–water partition coefficient (Wildman–Crippen LogP) is 0.836. The first-order chi connectivity index (χ1) is 7.79. The standard InChI is InChI=1S/C11H17N3O2/c1-2-16-11-7-10(12-8-13-11)14-5-3-9(15)4-6-14/h7-9,15H,2-6H2,1H3. The number of aliphatic hydroxyl groups excluding tert-OH is 1. The van der Waals surface area contributed by atoms with E-state index in [9.17, 15) is 5.11 Å². The third-order valence-corrected chi connectivity index (χ3v) is 2.71. The number of anilines is 1. The van der Waals surface area contributed by atoms with E-state index in [2.05, 4.69) is 14.9 Å². The van der Waals surface area contributed by atoms with Crippen LogP contribution in [0.4, 0.5) is 5.82 Å². The second-order valence-corrected chi connectivity index (χ2v) is 3.87. The van der Waals surface area contributed by atoms with Gasteiger partial charge in [0.15, 0.2) is 0 Å². The Morgan fingerprint density at radius 1 is 1.44 bits per heavy atom. The van der Waals surface area contributed by atoms with Gasteiger partial charge in [-0.3, -0.25) is 0 Å². The summed E-state index contributed by atoms with van der Waals surface area (Å²) >= 11 is 0. The van der Waals surface area contributed by atoms with Crippen molar-refractivity contribution < 1.29 is 9.84 Å². The summed E-state index contributed by atoms with van der Waals surface area (Å²) in [5, 5.41) is 9.43. The van der Waals surface area contributed by atoms with Gasteiger partial charge in [-0.2, -0.15) is 0 Å². The van der Waals surface area contributed by atoms with Crippen LogP contribution in [0.3, 0.4) is 0 Å². The van der Waals surface area contributed by atoms with Gasteiger partial charge in [-0.05, 0) is 19.8 Å². The van der Waals surface area contributed by atoms with Gasteiger partial charge in [0, 0.05) is 19.2 Å². The molecule has 88 valence electrons. The molecule has 0 bridgehead atoms. The number of aliphatic hydroxyl groups is 1. The molecule has 0 saturated carbocycles. The van der Waals surface area contributed by atoms with Crippen LogP contribution in [0.1, 0.15) is 19.8 Å². The van der Waals surface area contributed by atoms with Gasteiger partial charge in [0.05, 0.1) is 12.7 Å². The monoisotopic (exact) mass is 223 g/mol. The van der Waals surface area contributed by atoms with Crippen LogP contribution in [-0.4, -0.2) is 40.9 Å². The molecule has 1 saturated heterocycles. The van der Waals surface area contributed by atoms with Crippen molar-refractivity contribution in [2.75, 3.05) is 24.6 Å². The van der Waals surface area contributed by atoms with Crippen LogP contribution >= 0.6 is 0 Å². The van der Waals surface area contributed by atoms with E-state index in [4.69, 9.17) is 4.74 Å². The number of hydrogen-bond acceptors (Lipinski definition) is 5. The number of hydrogen-bond donors (Lipinski definition) is 1. The summed E-state index contributed by atoms with van der Waals surface area (Å²) in [4.78, 5) is 10.4. The van der Waals surface area contributed by atoms with Gasteiger partial charge < -0.3 is 14.7 Å². The molecule has 5 nitrogen and oxygen atoms in total. The lowest BCUT2D eigenvalue weighted by atomic mass is 10.1. The quantitative estimate of drug-likeness (QED) is 0.822. The van der Waals surface area contributed by atoms with Crippen molar-refractivity contribution in [3.05, 3.63) is 12.4 Å². The Hall–Kier alpha value is -1.36. The zero-order valence-corrected chi connectivity index (χ0v) is 9.46. The van der Waals surface area contributed by atoms with Crippen molar-refractivity contribution >= 4 is 5.82 Å². The Bertz CT molecular complexity index is 338. The van der Waals surface area contributed by atoms with Crippen molar-refractivity contribution in [2.45, 2.75) is 25.9 Å². The van der Waals surface area contributed by atoms with E-state index in [0.717, 1.165) is 31.7 Å². The minimum Gasteiger partial charge on any atom is -0.478 e. The van der Waals surface area contributed by atoms with Gasteiger partial charge in [-0.25, -0.2) is 9.97 Å². The van der Waals surface area contributed by atoms with Crippen molar-refractivity contribution in [1.82, 2.24) is 9.97 Å². The van der Waals surface area contributed by atoms with Crippen LogP contribution in [0.5, 0.6) is 5.88 Å². The average Bonchev–Trinajstić information content (AvgIpc) is 2.31. The molecular weight excluding hydrogens is 206 g/mol. The van der Waals surface area contributed by atoms with Gasteiger partial charge in [0.1, 0.15) is 12.1 Å². The number of aromatic nitrogens is 2. The highest BCUT2D eigenvalue weighted by Crippen LogP contribution is 2.20. The SMILES string of the molecule is CCOc1cc(N2CCC(O)CC2)ncn1. The smallest absolute Gasteiger partial charge is 0.218 e. The molecule has 0 unspecified atom stereocenters. The molecule has 1 aromatic heterocycles. The normalized spacial score (nSPS) is 17.5. The molecular formula is C11H17N3O2. The third kappa shape index (κ3) is 2.61. The van der Waals surface area contributed by atoms with Gasteiger partial charge in [-0.1, -0.05) is 0 Å². The number of rotatable bonds is 3. The molecule has 1 aromatic rings. The second-order valence-electron chi connectivity index (χ2n) is 3.87. The van der Waals surface area contributed by atoms with Crippen LogP contribution in [0, 0.1) is 0 Å². The van der Waals surface area contributed by atoms with Crippen molar-refractivity contribution in [1.29, 1.82) is 0 Å². The lowest BCUT2D eigenvalue weighted by molar-refractivity contribution is 0.145. The summed E-state index contributed by atoms with van der Waals surface area (Å²) in [7, 11) is 0. The van der Waals surface area contributed by atoms with E-state index in [1.807, 2.05) is 13.0 Å². The van der Waals surface area contributed by atoms with Gasteiger partial charge in [0.25, 0.3) is 0 Å². The summed E-state index contributed by atoms with van der Waals surface area (Å²) in [6, 6.07) is 1.85. The predicted molar refractivity (Wildman–Crippen MR) is 60.7 cm³/mol. The molecule has 0 atom stereocenters. The molecule has 0 amide bonds. The highest BCUT2D eigenvalue weighted by molar-refractivity contribution is 5.41. The molecule has 1 aliphatic heterocycles. The van der Waals surface area contributed by atoms with E-state index >= 15 is 0 Å². The average molecular weight is 223 g/mol. The number of ether oxygens (including phenoxy) is 1. The van der Waals surface area contributed by atoms with Crippen LogP contribution in [-0.2, 0) is 0 Å². The van der Waals surface area contributed by atoms with E-state index in [1.54, 1.807) is 0 Å². The van der Waals surface area contributed by atoms with E-state index in [1.165, 1.54) is 6.33 Å². The molecule has 1 fully saturated rings. The molecule has 0 aliphatic carbocycles. The van der Waals surface area contributed by atoms with Gasteiger partial charge in [0.2, 0.25) is 5.88 Å². The molecule has 2 heterocycles. The Morgan fingerprint density at radius 2 is 2.19 bits per heavy atom. The van der Waals surface area contributed by atoms with Crippen LogP contribution in [0.25, 0.3) is 0 Å². The van der Waals surface area contributed by atoms with Crippen molar-refractivity contribution in [3.8, 4) is 5.88 Å². The molecule has 0 aromatic carbocycles. The fourth-order valence-corrected chi connectivity index (χ4v) is 1.82. The van der Waals surface area contributed by atoms with Crippen LogP contribution in [0.15, 0.2) is 12.4 Å². The highest BCUT2D eigenvalue weighted by Gasteiger charge is 2.18. The van der Waals surface area contributed by atoms with Crippen LogP contribution < -0.4 is 9.64 Å². The summed E-state index contributed by atoms with van der Waals surface area (Å²) in [6.07, 6.45) is 2.96. The fraction of sp³-hybridized carbons (Fsp3) is 0.636. The van der Waals surface area contributed by atoms with Crippen molar-refractivity contribution in [2.24, 2.45) is 0 Å². The molecule has 5 heteroatoms. The largest absolute Gasteiger partial charge is 0.478 e. The second kappa shape index (κ2) is 5.12. The maximum absolute atomic E-state index is 9.43. The first kappa shape index (κ1) is 11.1. The summed E-state index contributed by atoms with van der Waals surface area (Å²) in [5.41, 5.74) is 0. The molecule has 0 radical (unpaired) electrons. The fourth-order valence-electron chi connectivity index (χ4n) is 1.82. The van der Waals surface area contributed by atoms with E-state index in [0.29, 0.717) is 12.5 Å². The Morgan fingerprint density at radius 3 is 2.88 bits per heavy atom. The van der Waals surface area contributed by atoms with E-state index < -0.39 is 0 Å². The summed E-state index contributed by atoms with van der Waals surface area (Å²) in [6.45, 7) is 4.21. The van der Waals surface area contributed by atoms with Crippen LogP contribution in [0.2, 0.25) is 0 Å². The molecule has 0 spiro atoms. The molecule has 1 N–H and O–H groups in total. The zero-order valence-electron chi connectivity index (χ0n) is 9.46. The Balaban J connectivity index is 2.05. The van der Waals surface area contributed by atoms with Gasteiger partial charge >= 0.3 is 0 Å². The minimum absolute atomic E-state index is 0.163. The highest BCUT2D eigenvalue weighted by atomic mass is 16.5. The first-order valence-electron chi connectivity index (χ1n) is 5.67. The van der Waals surface area contributed by atoms with E-state index in [-0.39, 0.29) is 6.10 Å². The van der Waals surface area contributed by atoms with Crippen molar-refractivity contribution in [3.63, 3.8) is 0 Å². The summed E-state index contributed by atoms with van der Waals surface area (Å²) in [5.74, 6) is 1.49. The molecule has 1 aliphatic rings. The molecule has 2 rings (SSSR count). The Labute approximate surface area is 95.1 Å². The number of nitrogens with zero attached hydrogens (tertiary/aromatic N) is 3. The van der Waals surface area contributed by atoms with Gasteiger partial charge in [-0.15, -0.1) is 0 Å². The maximum Gasteiger partial charge on any atom is 0.218 e. The lowest BCUT2D eigenvalue weighted by Crippen LogP contribution is -2.36. The first-order valence-corrected chi connectivity index (χ1v) is 5.67. The minimum atomic E-state index is -0.163. The third-order valence-electron chi connectivity index (χ3n) is 2.71. The maximum atomic E-state index is 9.43. The summed E-state index contributed by atoms with van der Waals surface area (Å²) < 4.78 is 5.33.